The Kier molecular flexibility index (Phi) is 4.00. The fraction of sp³-hybridized carbons (Fsp3) is 0.259. The van der Waals surface area contributed by atoms with E-state index >= 15 is 0 Å². The van der Waals surface area contributed by atoms with Crippen LogP contribution in [0.1, 0.15) is 12.0 Å². The molecule has 0 N–H and O–H groups in total. The molecule has 4 aliphatic rings. The van der Waals surface area contributed by atoms with E-state index < -0.39 is 5.54 Å². The van der Waals surface area contributed by atoms with Crippen LogP contribution in [-0.2, 0) is 5.54 Å². The van der Waals surface area contributed by atoms with E-state index in [9.17, 15) is 0 Å². The van der Waals surface area contributed by atoms with Gasteiger partial charge in [0, 0.05) is 31.5 Å². The highest BCUT2D eigenvalue weighted by Crippen LogP contribution is 2.58. The van der Waals surface area contributed by atoms with Crippen molar-refractivity contribution in [2.45, 2.75) is 25.0 Å². The molecule has 0 saturated heterocycles. The minimum atomic E-state index is -0.401. The number of aryl methyl sites for hydroxylation is 1. The average molecular weight is 422 g/mol. The molecule has 1 aromatic heterocycles. The average Bonchev–Trinajstić information content (AvgIpc) is 3.37. The van der Waals surface area contributed by atoms with Crippen molar-refractivity contribution in [3.63, 3.8) is 0 Å². The molecule has 2 bridgehead atoms. The van der Waals surface area contributed by atoms with E-state index in [1.54, 1.807) is 6.33 Å². The van der Waals surface area contributed by atoms with Crippen LogP contribution in [0.4, 0.5) is 11.4 Å². The zero-order valence-electron chi connectivity index (χ0n) is 18.6. The summed E-state index contributed by atoms with van der Waals surface area (Å²) in [5.74, 6) is 0.967. The summed E-state index contributed by atoms with van der Waals surface area (Å²) in [6.45, 7) is 11.9. The predicted molar refractivity (Wildman–Crippen MR) is 130 cm³/mol. The second-order valence-corrected chi connectivity index (χ2v) is 9.05. The molecule has 0 spiro atoms. The summed E-state index contributed by atoms with van der Waals surface area (Å²) in [5.41, 5.74) is 6.85. The van der Waals surface area contributed by atoms with E-state index in [2.05, 4.69) is 102 Å². The van der Waals surface area contributed by atoms with Gasteiger partial charge < -0.3 is 9.80 Å². The molecule has 3 aliphatic heterocycles. The molecule has 1 aliphatic carbocycles. The SMILES string of the molecule is C=CC1C2N(C)c3ccccc3N2C/C=C2/CC1(n1ncnc1-c1ccccc1C)C2=C. The number of allylic oxidation sites excluding steroid dienone is 2. The highest BCUT2D eigenvalue weighted by Gasteiger charge is 2.58. The summed E-state index contributed by atoms with van der Waals surface area (Å²) in [4.78, 5) is 9.60. The van der Waals surface area contributed by atoms with E-state index in [0.29, 0.717) is 0 Å². The first-order chi connectivity index (χ1) is 15.6. The molecule has 1 saturated carbocycles. The number of rotatable bonds is 3. The third kappa shape index (κ3) is 2.28. The molecule has 0 radical (unpaired) electrons. The number of nitrogens with zero attached hydrogens (tertiary/aromatic N) is 5. The summed E-state index contributed by atoms with van der Waals surface area (Å²) in [6, 6.07) is 17.0. The van der Waals surface area contributed by atoms with Crippen molar-refractivity contribution >= 4 is 11.4 Å². The molecule has 160 valence electrons. The van der Waals surface area contributed by atoms with Gasteiger partial charge in [0.25, 0.3) is 0 Å². The quantitative estimate of drug-likeness (QED) is 0.562. The maximum absolute atomic E-state index is 4.81. The summed E-state index contributed by atoms with van der Waals surface area (Å²) in [6.07, 6.45) is 7.13. The van der Waals surface area contributed by atoms with Gasteiger partial charge in [0.05, 0.1) is 11.4 Å². The van der Waals surface area contributed by atoms with Gasteiger partial charge in [0.1, 0.15) is 18.0 Å². The number of hydrogen-bond acceptors (Lipinski definition) is 4. The zero-order valence-corrected chi connectivity index (χ0v) is 18.6. The molecule has 3 unspecified atom stereocenters. The van der Waals surface area contributed by atoms with Crippen molar-refractivity contribution < 1.29 is 0 Å². The number of aromatic nitrogens is 3. The number of fused-ring (bicyclic) bond motifs is 2. The molecule has 7 rings (SSSR count). The van der Waals surface area contributed by atoms with Gasteiger partial charge in [-0.3, -0.25) is 0 Å². The van der Waals surface area contributed by atoms with Crippen molar-refractivity contribution in [1.82, 2.24) is 14.8 Å². The Balaban J connectivity index is 1.56. The van der Waals surface area contributed by atoms with Gasteiger partial charge in [0.2, 0.25) is 0 Å². The van der Waals surface area contributed by atoms with Crippen LogP contribution in [0, 0.1) is 12.8 Å². The highest BCUT2D eigenvalue weighted by atomic mass is 15.4. The van der Waals surface area contributed by atoms with Crippen LogP contribution in [0.2, 0.25) is 0 Å². The van der Waals surface area contributed by atoms with E-state index in [0.717, 1.165) is 29.9 Å². The van der Waals surface area contributed by atoms with Crippen LogP contribution >= 0.6 is 0 Å². The van der Waals surface area contributed by atoms with Crippen LogP contribution in [0.15, 0.2) is 91.3 Å². The molecule has 3 aromatic rings. The second kappa shape index (κ2) is 6.70. The minimum absolute atomic E-state index is 0.0781. The number of para-hydroxylation sites is 2. The Hall–Kier alpha value is -3.60. The molecule has 5 heteroatoms. The van der Waals surface area contributed by atoms with Crippen LogP contribution < -0.4 is 9.80 Å². The fourth-order valence-electron chi connectivity index (χ4n) is 5.99. The Morgan fingerprint density at radius 2 is 1.84 bits per heavy atom. The standard InChI is InChI=1S/C27H27N5/c1-5-22-26-30(4)23-12-8-9-13-24(23)31(26)15-14-20-16-27(22,19(20)3)32-25(28-17-29-32)21-11-7-6-10-18(21)2/h5-14,17,22,26H,1,3,15-16H2,2,4H3/b20-14-. The lowest BCUT2D eigenvalue weighted by Gasteiger charge is -2.55. The summed E-state index contributed by atoms with van der Waals surface area (Å²) in [7, 11) is 2.19. The number of hydrogen-bond donors (Lipinski definition) is 0. The van der Waals surface area contributed by atoms with Gasteiger partial charge in [-0.05, 0) is 35.8 Å². The van der Waals surface area contributed by atoms with Gasteiger partial charge in [-0.2, -0.15) is 5.10 Å². The van der Waals surface area contributed by atoms with Gasteiger partial charge in [-0.25, -0.2) is 9.67 Å². The molecular weight excluding hydrogens is 394 g/mol. The first kappa shape index (κ1) is 19.1. The van der Waals surface area contributed by atoms with E-state index in [4.69, 9.17) is 10.1 Å². The van der Waals surface area contributed by atoms with Crippen molar-refractivity contribution in [2.75, 3.05) is 23.4 Å². The van der Waals surface area contributed by atoms with Gasteiger partial charge in [0.15, 0.2) is 5.82 Å². The Morgan fingerprint density at radius 1 is 1.09 bits per heavy atom. The molecule has 5 nitrogen and oxygen atoms in total. The fourth-order valence-corrected chi connectivity index (χ4v) is 5.99. The van der Waals surface area contributed by atoms with Gasteiger partial charge >= 0.3 is 0 Å². The van der Waals surface area contributed by atoms with E-state index in [-0.39, 0.29) is 12.1 Å². The van der Waals surface area contributed by atoms with Gasteiger partial charge in [-0.15, -0.1) is 6.58 Å². The van der Waals surface area contributed by atoms with E-state index in [1.807, 2.05) is 0 Å². The summed E-state index contributed by atoms with van der Waals surface area (Å²) < 4.78 is 2.13. The molecule has 3 atom stereocenters. The number of benzene rings is 2. The molecule has 32 heavy (non-hydrogen) atoms. The monoisotopic (exact) mass is 421 g/mol. The van der Waals surface area contributed by atoms with Crippen molar-refractivity contribution in [3.8, 4) is 11.4 Å². The molecule has 1 fully saturated rings. The Labute approximate surface area is 189 Å². The van der Waals surface area contributed by atoms with Crippen LogP contribution in [0.5, 0.6) is 0 Å². The molecular formula is C27H27N5. The predicted octanol–water partition coefficient (Wildman–Crippen LogP) is 4.93. The third-order valence-electron chi connectivity index (χ3n) is 7.63. The maximum atomic E-state index is 4.81. The molecule has 0 amide bonds. The first-order valence-corrected chi connectivity index (χ1v) is 11.1. The molecule has 2 aromatic carbocycles. The van der Waals surface area contributed by atoms with Crippen molar-refractivity contribution in [1.29, 1.82) is 0 Å². The van der Waals surface area contributed by atoms with E-state index in [1.165, 1.54) is 22.5 Å². The number of anilines is 2. The lowest BCUT2D eigenvalue weighted by Crippen LogP contribution is -2.61. The topological polar surface area (TPSA) is 37.2 Å². The van der Waals surface area contributed by atoms with Gasteiger partial charge in [-0.1, -0.05) is 55.1 Å². The summed E-state index contributed by atoms with van der Waals surface area (Å²) >= 11 is 0. The van der Waals surface area contributed by atoms with Crippen LogP contribution in [0.25, 0.3) is 11.4 Å². The first-order valence-electron chi connectivity index (χ1n) is 11.1. The minimum Gasteiger partial charge on any atom is -0.352 e. The third-order valence-corrected chi connectivity index (χ3v) is 7.63. The second-order valence-electron chi connectivity index (χ2n) is 9.05. The Morgan fingerprint density at radius 3 is 2.59 bits per heavy atom. The lowest BCUT2D eigenvalue weighted by atomic mass is 9.59. The van der Waals surface area contributed by atoms with Crippen molar-refractivity contribution in [2.24, 2.45) is 5.92 Å². The van der Waals surface area contributed by atoms with Crippen LogP contribution in [-0.4, -0.2) is 34.5 Å². The largest absolute Gasteiger partial charge is 0.352 e. The maximum Gasteiger partial charge on any atom is 0.159 e. The van der Waals surface area contributed by atoms with Crippen LogP contribution in [0.3, 0.4) is 0 Å². The highest BCUT2D eigenvalue weighted by molar-refractivity contribution is 5.78. The van der Waals surface area contributed by atoms with Crippen molar-refractivity contribution in [3.05, 3.63) is 96.9 Å². The zero-order chi connectivity index (χ0) is 22.0. The smallest absolute Gasteiger partial charge is 0.159 e. The molecule has 4 heterocycles. The lowest BCUT2D eigenvalue weighted by molar-refractivity contribution is 0.165. The Bertz CT molecular complexity index is 1280. The normalized spacial score (nSPS) is 27.6. The summed E-state index contributed by atoms with van der Waals surface area (Å²) in [5, 5.41) is 4.81.